The van der Waals surface area contributed by atoms with Gasteiger partial charge in [-0.2, -0.15) is 0 Å². The Morgan fingerprint density at radius 3 is 2.42 bits per heavy atom. The molecule has 0 spiro atoms. The second kappa shape index (κ2) is 8.29. The first-order chi connectivity index (χ1) is 14.7. The Morgan fingerprint density at radius 2 is 1.77 bits per heavy atom. The molecule has 0 unspecified atom stereocenters. The van der Waals surface area contributed by atoms with E-state index < -0.39 is 0 Å². The molecular weight excluding hydrogens is 410 g/mol. The molecule has 1 aliphatic heterocycles. The Bertz CT molecular complexity index is 1040. The van der Waals surface area contributed by atoms with E-state index in [2.05, 4.69) is 43.4 Å². The van der Waals surface area contributed by atoms with Crippen LogP contribution < -0.4 is 4.74 Å². The van der Waals surface area contributed by atoms with Gasteiger partial charge in [-0.05, 0) is 83.9 Å². The van der Waals surface area contributed by atoms with Gasteiger partial charge in [0.25, 0.3) is 0 Å². The van der Waals surface area contributed by atoms with Crippen LogP contribution in [0.5, 0.6) is 5.88 Å². The summed E-state index contributed by atoms with van der Waals surface area (Å²) in [6.07, 6.45) is 5.72. The highest BCUT2D eigenvalue weighted by Gasteiger charge is 2.41. The number of aromatic nitrogens is 3. The first-order valence-corrected chi connectivity index (χ1v) is 11.2. The predicted molar refractivity (Wildman–Crippen MR) is 124 cm³/mol. The molecule has 3 aromatic rings. The summed E-state index contributed by atoms with van der Waals surface area (Å²) in [4.78, 5) is 9.58. The van der Waals surface area contributed by atoms with Crippen LogP contribution in [0.15, 0.2) is 48.8 Å². The van der Waals surface area contributed by atoms with E-state index in [1.54, 1.807) is 6.20 Å². The fourth-order valence-corrected chi connectivity index (χ4v) is 4.82. The second-order valence-corrected chi connectivity index (χ2v) is 9.79. The van der Waals surface area contributed by atoms with Crippen molar-refractivity contribution >= 4 is 11.6 Å². The number of hydrogen-bond acceptors (Lipinski definition) is 4. The first kappa shape index (κ1) is 21.8. The third-order valence-electron chi connectivity index (χ3n) is 5.57. The molecule has 0 saturated carbocycles. The van der Waals surface area contributed by atoms with Gasteiger partial charge < -0.3 is 9.47 Å². The van der Waals surface area contributed by atoms with Crippen molar-refractivity contribution in [1.29, 1.82) is 0 Å². The Balaban J connectivity index is 1.84. The summed E-state index contributed by atoms with van der Waals surface area (Å²) in [6.45, 7) is 11.1. The molecule has 0 N–H and O–H groups in total. The van der Waals surface area contributed by atoms with Crippen molar-refractivity contribution < 1.29 is 9.47 Å². The molecule has 4 rings (SSSR count). The molecule has 164 valence electrons. The maximum absolute atomic E-state index is 6.30. The predicted octanol–water partition coefficient (Wildman–Crippen LogP) is 6.44. The average Bonchev–Trinajstić information content (AvgIpc) is 3.12. The van der Waals surface area contributed by atoms with E-state index >= 15 is 0 Å². The molecular formula is C25H30ClN3O2. The number of benzene rings is 1. The fraction of sp³-hybridized carbons (Fsp3) is 0.440. The lowest BCUT2D eigenvalue weighted by molar-refractivity contribution is -0.162. The molecule has 0 atom stereocenters. The number of imidazole rings is 1. The molecule has 1 fully saturated rings. The lowest BCUT2D eigenvalue weighted by Gasteiger charge is -2.45. The summed E-state index contributed by atoms with van der Waals surface area (Å²) in [7, 11) is 0. The van der Waals surface area contributed by atoms with Gasteiger partial charge in [0.1, 0.15) is 5.82 Å². The molecule has 6 heteroatoms. The van der Waals surface area contributed by atoms with Crippen molar-refractivity contribution in [2.75, 3.05) is 6.61 Å². The van der Waals surface area contributed by atoms with E-state index in [0.717, 1.165) is 35.6 Å². The maximum Gasteiger partial charge on any atom is 0.224 e. The summed E-state index contributed by atoms with van der Waals surface area (Å²) >= 11 is 6.14. The van der Waals surface area contributed by atoms with Crippen LogP contribution in [-0.2, 0) is 4.74 Å². The van der Waals surface area contributed by atoms with E-state index in [-0.39, 0.29) is 11.2 Å². The Morgan fingerprint density at radius 1 is 1.10 bits per heavy atom. The van der Waals surface area contributed by atoms with Gasteiger partial charge >= 0.3 is 0 Å². The van der Waals surface area contributed by atoms with Crippen LogP contribution in [0.1, 0.15) is 59.1 Å². The molecule has 0 bridgehead atoms. The van der Waals surface area contributed by atoms with Gasteiger partial charge in [-0.15, -0.1) is 0 Å². The van der Waals surface area contributed by atoms with Crippen LogP contribution in [0, 0.1) is 0 Å². The Kier molecular flexibility index (Phi) is 5.84. The molecule has 0 aliphatic carbocycles. The zero-order valence-corrected chi connectivity index (χ0v) is 19.6. The highest BCUT2D eigenvalue weighted by atomic mass is 35.5. The lowest BCUT2D eigenvalue weighted by Crippen LogP contribution is -2.44. The Labute approximate surface area is 189 Å². The third kappa shape index (κ3) is 4.78. The summed E-state index contributed by atoms with van der Waals surface area (Å²) in [5, 5.41) is 0.704. The van der Waals surface area contributed by atoms with E-state index in [0.29, 0.717) is 23.4 Å². The summed E-state index contributed by atoms with van der Waals surface area (Å²) in [6, 6.07) is 11.7. The SMILES string of the molecule is CCOc1ncccc1-c1nc(C2CC(C)(C)OC(C)(C)C2)cn1-c1ccc(Cl)cc1. The fourth-order valence-electron chi connectivity index (χ4n) is 4.70. The average molecular weight is 440 g/mol. The van der Waals surface area contributed by atoms with Crippen LogP contribution in [0.4, 0.5) is 0 Å². The third-order valence-corrected chi connectivity index (χ3v) is 5.82. The first-order valence-electron chi connectivity index (χ1n) is 10.8. The number of rotatable bonds is 5. The van der Waals surface area contributed by atoms with E-state index in [1.165, 1.54) is 0 Å². The molecule has 1 aromatic carbocycles. The number of hydrogen-bond donors (Lipinski definition) is 0. The number of pyridine rings is 1. The Hall–Kier alpha value is -2.37. The van der Waals surface area contributed by atoms with E-state index in [1.807, 2.05) is 43.3 Å². The maximum atomic E-state index is 6.30. The minimum atomic E-state index is -0.207. The molecule has 5 nitrogen and oxygen atoms in total. The second-order valence-electron chi connectivity index (χ2n) is 9.35. The van der Waals surface area contributed by atoms with Crippen LogP contribution >= 0.6 is 11.6 Å². The van der Waals surface area contributed by atoms with Crippen molar-refractivity contribution in [3.05, 3.63) is 59.5 Å². The number of ether oxygens (including phenoxy) is 2. The lowest BCUT2D eigenvalue weighted by atomic mass is 9.79. The van der Waals surface area contributed by atoms with Crippen LogP contribution in [-0.4, -0.2) is 32.3 Å². The summed E-state index contributed by atoms with van der Waals surface area (Å²) in [5.74, 6) is 1.69. The molecule has 31 heavy (non-hydrogen) atoms. The molecule has 1 aliphatic rings. The molecule has 2 aromatic heterocycles. The van der Waals surface area contributed by atoms with Crippen molar-refractivity contribution in [2.45, 2.75) is 64.6 Å². The van der Waals surface area contributed by atoms with Gasteiger partial charge in [0.15, 0.2) is 0 Å². The summed E-state index contributed by atoms with van der Waals surface area (Å²) < 4.78 is 14.2. The van der Waals surface area contributed by atoms with Gasteiger partial charge in [0.2, 0.25) is 5.88 Å². The zero-order chi connectivity index (χ0) is 22.2. The topological polar surface area (TPSA) is 49.2 Å². The zero-order valence-electron chi connectivity index (χ0n) is 18.9. The largest absolute Gasteiger partial charge is 0.477 e. The van der Waals surface area contributed by atoms with Gasteiger partial charge in [-0.3, -0.25) is 4.57 Å². The summed E-state index contributed by atoms with van der Waals surface area (Å²) in [5.41, 5.74) is 2.51. The van der Waals surface area contributed by atoms with Crippen molar-refractivity contribution in [3.8, 4) is 23.0 Å². The quantitative estimate of drug-likeness (QED) is 0.459. The highest BCUT2D eigenvalue weighted by Crippen LogP contribution is 2.44. The minimum absolute atomic E-state index is 0.207. The monoisotopic (exact) mass is 439 g/mol. The normalized spacial score (nSPS) is 18.1. The van der Waals surface area contributed by atoms with E-state index in [4.69, 9.17) is 26.1 Å². The van der Waals surface area contributed by atoms with Gasteiger partial charge in [0.05, 0.1) is 29.1 Å². The molecule has 3 heterocycles. The standard InChI is InChI=1S/C25H30ClN3O2/c1-6-30-23-20(8-7-13-27-23)22-28-21(16-29(22)19-11-9-18(26)10-12-19)17-14-24(2,3)31-25(4,5)15-17/h7-13,16-17H,6,14-15H2,1-5H3. The minimum Gasteiger partial charge on any atom is -0.477 e. The number of nitrogens with zero attached hydrogens (tertiary/aromatic N) is 3. The van der Waals surface area contributed by atoms with Crippen LogP contribution in [0.25, 0.3) is 17.1 Å². The molecule has 0 radical (unpaired) electrons. The van der Waals surface area contributed by atoms with Crippen molar-refractivity contribution in [3.63, 3.8) is 0 Å². The van der Waals surface area contributed by atoms with Crippen molar-refractivity contribution in [2.24, 2.45) is 0 Å². The number of halogens is 1. The smallest absolute Gasteiger partial charge is 0.224 e. The highest BCUT2D eigenvalue weighted by molar-refractivity contribution is 6.30. The van der Waals surface area contributed by atoms with E-state index in [9.17, 15) is 0 Å². The van der Waals surface area contributed by atoms with Gasteiger partial charge in [-0.1, -0.05) is 11.6 Å². The van der Waals surface area contributed by atoms with Gasteiger partial charge in [-0.25, -0.2) is 9.97 Å². The molecule has 0 amide bonds. The van der Waals surface area contributed by atoms with Gasteiger partial charge in [0, 0.05) is 29.0 Å². The molecule has 1 saturated heterocycles. The van der Waals surface area contributed by atoms with Crippen molar-refractivity contribution in [1.82, 2.24) is 14.5 Å². The van der Waals surface area contributed by atoms with Crippen LogP contribution in [0.3, 0.4) is 0 Å². The van der Waals surface area contributed by atoms with Crippen LogP contribution in [0.2, 0.25) is 5.02 Å².